The minimum atomic E-state index is 0.436. The zero-order chi connectivity index (χ0) is 10.7. The number of Topliss-reactive ketones (excluding diaryl/α,β-unsaturated/α-hetero) is 1. The zero-order valence-electron chi connectivity index (χ0n) is 9.33. The molecule has 2 rings (SSSR count). The Morgan fingerprint density at radius 3 is 2.80 bits per heavy atom. The van der Waals surface area contributed by atoms with Crippen molar-refractivity contribution in [3.05, 3.63) is 35.4 Å². The predicted molar refractivity (Wildman–Crippen MR) is 62.0 cm³/mol. The molecule has 0 radical (unpaired) electrons. The Morgan fingerprint density at radius 1 is 1.33 bits per heavy atom. The molecular formula is C14H18O. The van der Waals surface area contributed by atoms with Gasteiger partial charge in [0.05, 0.1) is 0 Å². The number of carbonyl (C=O) groups excluding carboxylic acids is 1. The van der Waals surface area contributed by atoms with E-state index >= 15 is 0 Å². The van der Waals surface area contributed by atoms with Crippen molar-refractivity contribution in [2.24, 2.45) is 0 Å². The van der Waals surface area contributed by atoms with Gasteiger partial charge in [0, 0.05) is 12.8 Å². The van der Waals surface area contributed by atoms with E-state index in [1.165, 1.54) is 17.5 Å². The standard InChI is InChI=1S/C14H18O/c1-2-5-11-6-3-4-7-14(11)12-8-9-13(15)10-12/h3-4,6-7,12H,2,5,8-10H2,1H3. The van der Waals surface area contributed by atoms with Gasteiger partial charge in [-0.3, -0.25) is 4.79 Å². The Hall–Kier alpha value is -1.11. The fourth-order valence-corrected chi connectivity index (χ4v) is 2.51. The number of hydrogen-bond donors (Lipinski definition) is 0. The number of hydrogen-bond acceptors (Lipinski definition) is 1. The van der Waals surface area contributed by atoms with E-state index in [2.05, 4.69) is 31.2 Å². The zero-order valence-corrected chi connectivity index (χ0v) is 9.33. The van der Waals surface area contributed by atoms with Gasteiger partial charge in [-0.05, 0) is 29.9 Å². The van der Waals surface area contributed by atoms with Gasteiger partial charge in [-0.25, -0.2) is 0 Å². The minimum absolute atomic E-state index is 0.436. The van der Waals surface area contributed by atoms with Crippen LogP contribution in [0.2, 0.25) is 0 Å². The maximum Gasteiger partial charge on any atom is 0.133 e. The van der Waals surface area contributed by atoms with Crippen molar-refractivity contribution in [3.8, 4) is 0 Å². The highest BCUT2D eigenvalue weighted by Crippen LogP contribution is 2.34. The molecule has 1 atom stereocenters. The molecule has 0 spiro atoms. The second kappa shape index (κ2) is 4.61. The van der Waals surface area contributed by atoms with Gasteiger partial charge in [0.2, 0.25) is 0 Å². The summed E-state index contributed by atoms with van der Waals surface area (Å²) in [4.78, 5) is 11.3. The topological polar surface area (TPSA) is 17.1 Å². The summed E-state index contributed by atoms with van der Waals surface area (Å²) < 4.78 is 0. The highest BCUT2D eigenvalue weighted by atomic mass is 16.1. The summed E-state index contributed by atoms with van der Waals surface area (Å²) in [5, 5.41) is 0. The fraction of sp³-hybridized carbons (Fsp3) is 0.500. The lowest BCUT2D eigenvalue weighted by Crippen LogP contribution is -1.99. The van der Waals surface area contributed by atoms with Crippen molar-refractivity contribution in [3.63, 3.8) is 0 Å². The number of benzene rings is 1. The predicted octanol–water partition coefficient (Wildman–Crippen LogP) is 3.48. The molecule has 80 valence electrons. The van der Waals surface area contributed by atoms with Crippen LogP contribution < -0.4 is 0 Å². The lowest BCUT2D eigenvalue weighted by molar-refractivity contribution is -0.117. The van der Waals surface area contributed by atoms with Gasteiger partial charge in [-0.2, -0.15) is 0 Å². The molecule has 0 aromatic heterocycles. The van der Waals surface area contributed by atoms with Crippen molar-refractivity contribution < 1.29 is 4.79 Å². The van der Waals surface area contributed by atoms with E-state index in [0.29, 0.717) is 11.7 Å². The number of aryl methyl sites for hydroxylation is 1. The van der Waals surface area contributed by atoms with Crippen LogP contribution in [0, 0.1) is 0 Å². The molecular weight excluding hydrogens is 184 g/mol. The maximum absolute atomic E-state index is 11.3. The highest BCUT2D eigenvalue weighted by molar-refractivity contribution is 5.81. The van der Waals surface area contributed by atoms with Crippen LogP contribution in [0.3, 0.4) is 0 Å². The van der Waals surface area contributed by atoms with E-state index in [4.69, 9.17) is 0 Å². The molecule has 1 aliphatic carbocycles. The summed E-state index contributed by atoms with van der Waals surface area (Å²) in [7, 11) is 0. The molecule has 0 heterocycles. The van der Waals surface area contributed by atoms with Crippen molar-refractivity contribution >= 4 is 5.78 Å². The Bertz CT molecular complexity index is 354. The quantitative estimate of drug-likeness (QED) is 0.733. The van der Waals surface area contributed by atoms with Crippen LogP contribution in [0.1, 0.15) is 49.7 Å². The first-order valence-electron chi connectivity index (χ1n) is 5.90. The van der Waals surface area contributed by atoms with Crippen LogP contribution in [0.5, 0.6) is 0 Å². The molecule has 1 aromatic carbocycles. The molecule has 1 aliphatic rings. The summed E-state index contributed by atoms with van der Waals surface area (Å²) >= 11 is 0. The molecule has 0 N–H and O–H groups in total. The average Bonchev–Trinajstić information content (AvgIpc) is 2.66. The van der Waals surface area contributed by atoms with E-state index in [1.54, 1.807) is 0 Å². The van der Waals surface area contributed by atoms with Gasteiger partial charge in [0.25, 0.3) is 0 Å². The second-order valence-electron chi connectivity index (χ2n) is 4.43. The van der Waals surface area contributed by atoms with Crippen LogP contribution >= 0.6 is 0 Å². The number of ketones is 1. The van der Waals surface area contributed by atoms with E-state index in [0.717, 1.165) is 25.7 Å². The first-order valence-corrected chi connectivity index (χ1v) is 5.90. The number of carbonyl (C=O) groups is 1. The second-order valence-corrected chi connectivity index (χ2v) is 4.43. The van der Waals surface area contributed by atoms with Crippen LogP contribution in [0.15, 0.2) is 24.3 Å². The molecule has 0 amide bonds. The summed E-state index contributed by atoms with van der Waals surface area (Å²) in [6, 6.07) is 8.61. The summed E-state index contributed by atoms with van der Waals surface area (Å²) in [5.74, 6) is 0.937. The molecule has 0 bridgehead atoms. The third kappa shape index (κ3) is 2.28. The van der Waals surface area contributed by atoms with Crippen molar-refractivity contribution in [1.29, 1.82) is 0 Å². The third-order valence-electron chi connectivity index (χ3n) is 3.26. The summed E-state index contributed by atoms with van der Waals surface area (Å²) in [5.41, 5.74) is 2.87. The van der Waals surface area contributed by atoms with Gasteiger partial charge >= 0.3 is 0 Å². The van der Waals surface area contributed by atoms with Gasteiger partial charge in [-0.1, -0.05) is 37.6 Å². The minimum Gasteiger partial charge on any atom is -0.300 e. The van der Waals surface area contributed by atoms with Crippen LogP contribution in [-0.2, 0) is 11.2 Å². The van der Waals surface area contributed by atoms with E-state index in [9.17, 15) is 4.79 Å². The molecule has 0 aliphatic heterocycles. The Kier molecular flexibility index (Phi) is 3.20. The molecule has 1 heteroatoms. The molecule has 15 heavy (non-hydrogen) atoms. The van der Waals surface area contributed by atoms with Crippen molar-refractivity contribution in [1.82, 2.24) is 0 Å². The monoisotopic (exact) mass is 202 g/mol. The SMILES string of the molecule is CCCc1ccccc1C1CCC(=O)C1. The first-order chi connectivity index (χ1) is 7.31. The smallest absolute Gasteiger partial charge is 0.133 e. The maximum atomic E-state index is 11.3. The van der Waals surface area contributed by atoms with Crippen LogP contribution in [0.4, 0.5) is 0 Å². The van der Waals surface area contributed by atoms with Crippen LogP contribution in [-0.4, -0.2) is 5.78 Å². The Balaban J connectivity index is 2.22. The average molecular weight is 202 g/mol. The largest absolute Gasteiger partial charge is 0.300 e. The van der Waals surface area contributed by atoms with E-state index < -0.39 is 0 Å². The highest BCUT2D eigenvalue weighted by Gasteiger charge is 2.24. The fourth-order valence-electron chi connectivity index (χ4n) is 2.51. The van der Waals surface area contributed by atoms with Crippen molar-refractivity contribution in [2.45, 2.75) is 44.9 Å². The third-order valence-corrected chi connectivity index (χ3v) is 3.26. The molecule has 1 aromatic rings. The summed E-state index contributed by atoms with van der Waals surface area (Å²) in [6.45, 7) is 2.20. The molecule has 0 saturated heterocycles. The van der Waals surface area contributed by atoms with Gasteiger partial charge in [0.15, 0.2) is 0 Å². The Morgan fingerprint density at radius 2 is 2.13 bits per heavy atom. The molecule has 1 nitrogen and oxygen atoms in total. The van der Waals surface area contributed by atoms with E-state index in [-0.39, 0.29) is 0 Å². The van der Waals surface area contributed by atoms with E-state index in [1.807, 2.05) is 0 Å². The normalized spacial score (nSPS) is 20.9. The molecule has 1 saturated carbocycles. The molecule has 1 unspecified atom stereocenters. The van der Waals surface area contributed by atoms with Gasteiger partial charge < -0.3 is 0 Å². The van der Waals surface area contributed by atoms with Gasteiger partial charge in [0.1, 0.15) is 5.78 Å². The van der Waals surface area contributed by atoms with Crippen LogP contribution in [0.25, 0.3) is 0 Å². The van der Waals surface area contributed by atoms with Crippen molar-refractivity contribution in [2.75, 3.05) is 0 Å². The molecule has 1 fully saturated rings. The first kappa shape index (κ1) is 10.4. The lowest BCUT2D eigenvalue weighted by atomic mass is 9.91. The number of rotatable bonds is 3. The summed E-state index contributed by atoms with van der Waals surface area (Å²) in [6.07, 6.45) is 4.92. The Labute approximate surface area is 91.5 Å². The van der Waals surface area contributed by atoms with Gasteiger partial charge in [-0.15, -0.1) is 0 Å². The lowest BCUT2D eigenvalue weighted by Gasteiger charge is -2.13.